The van der Waals surface area contributed by atoms with Gasteiger partial charge in [-0.2, -0.15) is 0 Å². The molecule has 0 aliphatic carbocycles. The highest BCUT2D eigenvalue weighted by Gasteiger charge is 2.20. The topological polar surface area (TPSA) is 71.5 Å². The Balaban J connectivity index is 2.66. The SMILES string of the molecule is CCC(C)C(O)CNC(=O)c1sc(C(C)OC)nc1C. The van der Waals surface area contributed by atoms with Crippen molar-refractivity contribution in [1.82, 2.24) is 10.3 Å². The van der Waals surface area contributed by atoms with E-state index in [9.17, 15) is 9.90 Å². The van der Waals surface area contributed by atoms with Crippen LogP contribution >= 0.6 is 11.3 Å². The van der Waals surface area contributed by atoms with Crippen LogP contribution in [-0.2, 0) is 4.74 Å². The van der Waals surface area contributed by atoms with E-state index in [2.05, 4.69) is 10.3 Å². The summed E-state index contributed by atoms with van der Waals surface area (Å²) in [5.74, 6) is -0.0150. The first-order valence-corrected chi connectivity index (χ1v) is 7.68. The van der Waals surface area contributed by atoms with Gasteiger partial charge >= 0.3 is 0 Å². The second-order valence-corrected chi connectivity index (χ2v) is 6.04. The molecule has 3 unspecified atom stereocenters. The van der Waals surface area contributed by atoms with Crippen LogP contribution in [0.25, 0.3) is 0 Å². The maximum Gasteiger partial charge on any atom is 0.263 e. The number of aliphatic hydroxyl groups excluding tert-OH is 1. The van der Waals surface area contributed by atoms with Gasteiger partial charge in [-0.05, 0) is 19.8 Å². The van der Waals surface area contributed by atoms with Gasteiger partial charge in [0.25, 0.3) is 5.91 Å². The van der Waals surface area contributed by atoms with Gasteiger partial charge in [-0.25, -0.2) is 4.98 Å². The minimum atomic E-state index is -0.519. The average molecular weight is 300 g/mol. The number of nitrogens with zero attached hydrogens (tertiary/aromatic N) is 1. The molecule has 1 rings (SSSR count). The molecule has 1 aromatic rings. The van der Waals surface area contributed by atoms with Crippen molar-refractivity contribution in [1.29, 1.82) is 0 Å². The summed E-state index contributed by atoms with van der Waals surface area (Å²) in [5.41, 5.74) is 0.699. The summed E-state index contributed by atoms with van der Waals surface area (Å²) in [6, 6.07) is 0. The van der Waals surface area contributed by atoms with Crippen LogP contribution in [0, 0.1) is 12.8 Å². The quantitative estimate of drug-likeness (QED) is 0.810. The lowest BCUT2D eigenvalue weighted by atomic mass is 10.0. The van der Waals surface area contributed by atoms with E-state index in [0.717, 1.165) is 11.4 Å². The van der Waals surface area contributed by atoms with Gasteiger partial charge in [0.1, 0.15) is 16.0 Å². The number of thiazole rings is 1. The average Bonchev–Trinajstić information content (AvgIpc) is 2.84. The van der Waals surface area contributed by atoms with Crippen molar-refractivity contribution in [3.63, 3.8) is 0 Å². The van der Waals surface area contributed by atoms with Crippen LogP contribution in [0.3, 0.4) is 0 Å². The second-order valence-electron chi connectivity index (χ2n) is 5.01. The number of hydrogen-bond donors (Lipinski definition) is 2. The summed E-state index contributed by atoms with van der Waals surface area (Å²) in [6.07, 6.45) is 0.243. The summed E-state index contributed by atoms with van der Waals surface area (Å²) in [5, 5.41) is 13.4. The van der Waals surface area contributed by atoms with Crippen molar-refractivity contribution in [2.24, 2.45) is 5.92 Å². The van der Waals surface area contributed by atoms with Crippen molar-refractivity contribution in [2.75, 3.05) is 13.7 Å². The molecule has 0 radical (unpaired) electrons. The number of carbonyl (C=O) groups excluding carboxylic acids is 1. The Labute approximate surface area is 124 Å². The number of aliphatic hydroxyl groups is 1. The molecule has 20 heavy (non-hydrogen) atoms. The monoisotopic (exact) mass is 300 g/mol. The normalized spacial score (nSPS) is 15.7. The van der Waals surface area contributed by atoms with E-state index in [4.69, 9.17) is 4.74 Å². The molecule has 1 amide bonds. The molecule has 0 aromatic carbocycles. The van der Waals surface area contributed by atoms with Gasteiger partial charge in [0.15, 0.2) is 0 Å². The van der Waals surface area contributed by atoms with E-state index >= 15 is 0 Å². The number of ether oxygens (including phenoxy) is 1. The van der Waals surface area contributed by atoms with E-state index in [1.54, 1.807) is 7.11 Å². The number of hydrogen-bond acceptors (Lipinski definition) is 5. The lowest BCUT2D eigenvalue weighted by Gasteiger charge is -2.17. The van der Waals surface area contributed by atoms with E-state index in [0.29, 0.717) is 10.6 Å². The highest BCUT2D eigenvalue weighted by molar-refractivity contribution is 7.13. The first kappa shape index (κ1) is 17.1. The lowest BCUT2D eigenvalue weighted by Crippen LogP contribution is -2.35. The zero-order chi connectivity index (χ0) is 15.3. The molecule has 0 bridgehead atoms. The summed E-state index contributed by atoms with van der Waals surface area (Å²) >= 11 is 1.34. The third-order valence-corrected chi connectivity index (χ3v) is 4.81. The zero-order valence-electron chi connectivity index (χ0n) is 12.8. The van der Waals surface area contributed by atoms with Crippen molar-refractivity contribution in [3.05, 3.63) is 15.6 Å². The molecule has 3 atom stereocenters. The first-order valence-electron chi connectivity index (χ1n) is 6.87. The molecule has 0 aliphatic rings. The Morgan fingerprint density at radius 3 is 2.70 bits per heavy atom. The minimum absolute atomic E-state index is 0.119. The number of aromatic nitrogens is 1. The number of amides is 1. The first-order chi connectivity index (χ1) is 9.40. The summed E-state index contributed by atoms with van der Waals surface area (Å²) in [7, 11) is 1.61. The number of methoxy groups -OCH3 is 1. The minimum Gasteiger partial charge on any atom is -0.391 e. The van der Waals surface area contributed by atoms with Gasteiger partial charge in [0.2, 0.25) is 0 Å². The maximum atomic E-state index is 12.1. The Hall–Kier alpha value is -0.980. The predicted molar refractivity (Wildman–Crippen MR) is 80.1 cm³/mol. The molecule has 5 nitrogen and oxygen atoms in total. The molecule has 0 fully saturated rings. The molecular weight excluding hydrogens is 276 g/mol. The van der Waals surface area contributed by atoms with Crippen LogP contribution in [0.15, 0.2) is 0 Å². The van der Waals surface area contributed by atoms with Gasteiger partial charge < -0.3 is 15.2 Å². The fourth-order valence-electron chi connectivity index (χ4n) is 1.65. The molecule has 0 aliphatic heterocycles. The van der Waals surface area contributed by atoms with Crippen LogP contribution < -0.4 is 5.32 Å². The number of nitrogens with one attached hydrogen (secondary N) is 1. The number of rotatable bonds is 7. The summed E-state index contributed by atoms with van der Waals surface area (Å²) < 4.78 is 5.20. The Morgan fingerprint density at radius 1 is 1.50 bits per heavy atom. The molecule has 1 heterocycles. The highest BCUT2D eigenvalue weighted by atomic mass is 32.1. The van der Waals surface area contributed by atoms with Crippen LogP contribution in [0.2, 0.25) is 0 Å². The van der Waals surface area contributed by atoms with Gasteiger partial charge in [0, 0.05) is 13.7 Å². The predicted octanol–water partition coefficient (Wildman–Crippen LogP) is 2.30. The zero-order valence-corrected chi connectivity index (χ0v) is 13.6. The fraction of sp³-hybridized carbons (Fsp3) is 0.714. The van der Waals surface area contributed by atoms with Crippen LogP contribution in [-0.4, -0.2) is 35.8 Å². The molecule has 0 spiro atoms. The van der Waals surface area contributed by atoms with Crippen LogP contribution in [0.1, 0.15) is 53.7 Å². The largest absolute Gasteiger partial charge is 0.391 e. The van der Waals surface area contributed by atoms with Crippen molar-refractivity contribution >= 4 is 17.2 Å². The Morgan fingerprint density at radius 2 is 2.15 bits per heavy atom. The molecule has 1 aromatic heterocycles. The Bertz CT molecular complexity index is 448. The van der Waals surface area contributed by atoms with Gasteiger partial charge in [0.05, 0.1) is 11.8 Å². The Kier molecular flexibility index (Phi) is 6.58. The van der Waals surface area contributed by atoms with Gasteiger partial charge in [-0.3, -0.25) is 4.79 Å². The van der Waals surface area contributed by atoms with E-state index in [-0.39, 0.29) is 24.5 Å². The highest BCUT2D eigenvalue weighted by Crippen LogP contribution is 2.25. The number of carbonyl (C=O) groups is 1. The molecular formula is C14H24N2O3S. The number of aryl methyl sites for hydroxylation is 1. The van der Waals surface area contributed by atoms with Crippen LogP contribution in [0.4, 0.5) is 0 Å². The van der Waals surface area contributed by atoms with Gasteiger partial charge in [-0.15, -0.1) is 11.3 Å². The van der Waals surface area contributed by atoms with Crippen molar-refractivity contribution in [2.45, 2.75) is 46.3 Å². The van der Waals surface area contributed by atoms with E-state index in [1.807, 2.05) is 27.7 Å². The second kappa shape index (κ2) is 7.71. The smallest absolute Gasteiger partial charge is 0.263 e. The summed E-state index contributed by atoms with van der Waals surface area (Å²) in [6.45, 7) is 7.95. The van der Waals surface area contributed by atoms with Crippen LogP contribution in [0.5, 0.6) is 0 Å². The third-order valence-electron chi connectivity index (χ3n) is 3.49. The molecule has 0 saturated heterocycles. The van der Waals surface area contributed by atoms with Gasteiger partial charge in [-0.1, -0.05) is 20.3 Å². The fourth-order valence-corrected chi connectivity index (χ4v) is 2.67. The van der Waals surface area contributed by atoms with E-state index in [1.165, 1.54) is 11.3 Å². The lowest BCUT2D eigenvalue weighted by molar-refractivity contribution is 0.0853. The molecule has 114 valence electrons. The molecule has 6 heteroatoms. The molecule has 0 saturated carbocycles. The summed E-state index contributed by atoms with van der Waals surface area (Å²) in [4.78, 5) is 17.0. The molecule has 2 N–H and O–H groups in total. The standard InChI is InChI=1S/C14H24N2O3S/c1-6-8(2)11(17)7-15-13(18)12-9(3)16-14(20-12)10(4)19-5/h8,10-11,17H,6-7H2,1-5H3,(H,15,18). The third kappa shape index (κ3) is 4.26. The maximum absolute atomic E-state index is 12.1. The van der Waals surface area contributed by atoms with Crippen molar-refractivity contribution in [3.8, 4) is 0 Å². The van der Waals surface area contributed by atoms with E-state index < -0.39 is 6.10 Å². The van der Waals surface area contributed by atoms with Crippen molar-refractivity contribution < 1.29 is 14.6 Å².